The fourth-order valence-corrected chi connectivity index (χ4v) is 3.03. The van der Waals surface area contributed by atoms with E-state index < -0.39 is 0 Å². The molecule has 0 radical (unpaired) electrons. The highest BCUT2D eigenvalue weighted by molar-refractivity contribution is 6.32. The fourth-order valence-electron chi connectivity index (χ4n) is 2.75. The number of aromatic nitrogens is 1. The summed E-state index contributed by atoms with van der Waals surface area (Å²) in [5, 5.41) is 3.79. The molecule has 1 N–H and O–H groups in total. The third-order valence-electron chi connectivity index (χ3n) is 4.08. The van der Waals surface area contributed by atoms with E-state index in [4.69, 9.17) is 21.1 Å². The van der Waals surface area contributed by atoms with Gasteiger partial charge in [-0.15, -0.1) is 12.4 Å². The van der Waals surface area contributed by atoms with Crippen LogP contribution in [-0.2, 0) is 19.7 Å². The predicted molar refractivity (Wildman–Crippen MR) is 115 cm³/mol. The van der Waals surface area contributed by atoms with Crippen molar-refractivity contribution in [2.75, 3.05) is 6.61 Å². The number of ether oxygens (including phenoxy) is 2. The average molecular weight is 437 g/mol. The van der Waals surface area contributed by atoms with Crippen molar-refractivity contribution in [3.8, 4) is 11.5 Å². The van der Waals surface area contributed by atoms with Crippen LogP contribution in [0.2, 0.25) is 5.02 Å². The van der Waals surface area contributed by atoms with E-state index in [1.54, 1.807) is 24.4 Å². The van der Waals surface area contributed by atoms with Gasteiger partial charge in [0.1, 0.15) is 12.4 Å². The summed E-state index contributed by atoms with van der Waals surface area (Å²) < 4.78 is 25.3. The summed E-state index contributed by atoms with van der Waals surface area (Å²) in [4.78, 5) is 4.10. The molecule has 3 rings (SSSR count). The van der Waals surface area contributed by atoms with Gasteiger partial charge in [-0.3, -0.25) is 4.98 Å². The minimum Gasteiger partial charge on any atom is -0.490 e. The molecule has 154 valence electrons. The van der Waals surface area contributed by atoms with Gasteiger partial charge >= 0.3 is 0 Å². The second kappa shape index (κ2) is 11.6. The molecule has 0 saturated carbocycles. The molecule has 1 heterocycles. The first-order chi connectivity index (χ1) is 13.7. The van der Waals surface area contributed by atoms with E-state index in [1.807, 2.05) is 37.4 Å². The Bertz CT molecular complexity index is 911. The molecule has 0 bridgehead atoms. The molecule has 29 heavy (non-hydrogen) atoms. The van der Waals surface area contributed by atoms with Crippen molar-refractivity contribution in [2.45, 2.75) is 26.6 Å². The van der Waals surface area contributed by atoms with Crippen molar-refractivity contribution < 1.29 is 13.9 Å². The van der Waals surface area contributed by atoms with Crippen molar-refractivity contribution in [1.82, 2.24) is 10.3 Å². The van der Waals surface area contributed by atoms with Gasteiger partial charge < -0.3 is 14.8 Å². The summed E-state index contributed by atoms with van der Waals surface area (Å²) in [6, 6.07) is 14.1. The number of benzene rings is 2. The molecular formula is C22H23Cl2FN2O2. The van der Waals surface area contributed by atoms with Crippen molar-refractivity contribution in [2.24, 2.45) is 0 Å². The van der Waals surface area contributed by atoms with Gasteiger partial charge in [-0.25, -0.2) is 4.39 Å². The van der Waals surface area contributed by atoms with Crippen LogP contribution >= 0.6 is 24.0 Å². The highest BCUT2D eigenvalue weighted by Crippen LogP contribution is 2.37. The lowest BCUT2D eigenvalue weighted by molar-refractivity contribution is 0.266. The average Bonchev–Trinajstić information content (AvgIpc) is 2.70. The van der Waals surface area contributed by atoms with Gasteiger partial charge in [-0.1, -0.05) is 35.9 Å². The zero-order chi connectivity index (χ0) is 19.8. The van der Waals surface area contributed by atoms with Crippen LogP contribution in [-0.4, -0.2) is 11.6 Å². The Morgan fingerprint density at radius 1 is 1.03 bits per heavy atom. The summed E-state index contributed by atoms with van der Waals surface area (Å²) in [6.45, 7) is 3.75. The van der Waals surface area contributed by atoms with E-state index in [1.165, 1.54) is 6.07 Å². The molecule has 4 nitrogen and oxygen atoms in total. The van der Waals surface area contributed by atoms with Crippen LogP contribution < -0.4 is 14.8 Å². The molecule has 0 aliphatic carbocycles. The zero-order valence-corrected chi connectivity index (χ0v) is 17.6. The number of nitrogens with one attached hydrogen (secondary N) is 1. The lowest BCUT2D eigenvalue weighted by atomic mass is 10.2. The molecule has 3 aromatic rings. The number of hydrogen-bond acceptors (Lipinski definition) is 4. The maximum atomic E-state index is 13.8. The second-order valence-electron chi connectivity index (χ2n) is 6.18. The minimum atomic E-state index is -0.312. The topological polar surface area (TPSA) is 43.4 Å². The Kier molecular flexibility index (Phi) is 9.19. The maximum Gasteiger partial charge on any atom is 0.180 e. The first-order valence-corrected chi connectivity index (χ1v) is 9.46. The Hall–Kier alpha value is -2.34. The highest BCUT2D eigenvalue weighted by atomic mass is 35.5. The van der Waals surface area contributed by atoms with Crippen LogP contribution in [0.5, 0.6) is 11.5 Å². The normalized spacial score (nSPS) is 10.3. The second-order valence-corrected chi connectivity index (χ2v) is 6.59. The van der Waals surface area contributed by atoms with Crippen molar-refractivity contribution in [3.63, 3.8) is 0 Å². The molecule has 0 aliphatic rings. The van der Waals surface area contributed by atoms with Crippen LogP contribution in [0.1, 0.15) is 23.6 Å². The Balaban J connectivity index is 0.00000300. The van der Waals surface area contributed by atoms with Gasteiger partial charge in [0.25, 0.3) is 0 Å². The third-order valence-corrected chi connectivity index (χ3v) is 4.36. The lowest BCUT2D eigenvalue weighted by Gasteiger charge is -2.16. The maximum absolute atomic E-state index is 13.8. The van der Waals surface area contributed by atoms with Crippen LogP contribution in [0, 0.1) is 5.82 Å². The van der Waals surface area contributed by atoms with Crippen LogP contribution in [0.3, 0.4) is 0 Å². The predicted octanol–water partition coefficient (Wildman–Crippen LogP) is 5.56. The number of hydrogen-bond donors (Lipinski definition) is 1. The Morgan fingerprint density at radius 2 is 1.83 bits per heavy atom. The van der Waals surface area contributed by atoms with E-state index in [0.717, 1.165) is 11.1 Å². The summed E-state index contributed by atoms with van der Waals surface area (Å²) in [5.41, 5.74) is 2.53. The number of pyridine rings is 1. The Morgan fingerprint density at radius 3 is 2.55 bits per heavy atom. The van der Waals surface area contributed by atoms with E-state index in [0.29, 0.717) is 41.8 Å². The third kappa shape index (κ3) is 6.60. The molecule has 0 spiro atoms. The smallest absolute Gasteiger partial charge is 0.180 e. The SMILES string of the molecule is CCOc1cc(CNCc2cccnc2)cc(Cl)c1OCc1ccccc1F.Cl. The van der Waals surface area contributed by atoms with Gasteiger partial charge in [0.2, 0.25) is 0 Å². The largest absolute Gasteiger partial charge is 0.490 e. The standard InChI is InChI=1S/C22H22ClFN2O2.ClH/c1-2-27-21-11-17(14-26-13-16-6-5-9-25-12-16)10-19(23)22(21)28-15-18-7-3-4-8-20(18)24;/h3-12,26H,2,13-15H2,1H3;1H. The minimum absolute atomic E-state index is 0. The van der Waals surface area contributed by atoms with Gasteiger partial charge in [-0.05, 0) is 42.3 Å². The van der Waals surface area contributed by atoms with Gasteiger partial charge in [0, 0.05) is 31.0 Å². The highest BCUT2D eigenvalue weighted by Gasteiger charge is 2.14. The molecule has 0 amide bonds. The molecule has 0 saturated heterocycles. The van der Waals surface area contributed by atoms with E-state index in [2.05, 4.69) is 10.3 Å². The van der Waals surface area contributed by atoms with Gasteiger partial charge in [0.05, 0.1) is 11.6 Å². The molecule has 0 aliphatic heterocycles. The fraction of sp³-hybridized carbons (Fsp3) is 0.227. The molecule has 2 aromatic carbocycles. The van der Waals surface area contributed by atoms with Crippen LogP contribution in [0.4, 0.5) is 4.39 Å². The molecule has 7 heteroatoms. The van der Waals surface area contributed by atoms with E-state index in [-0.39, 0.29) is 24.8 Å². The van der Waals surface area contributed by atoms with Crippen molar-refractivity contribution in [1.29, 1.82) is 0 Å². The summed E-state index contributed by atoms with van der Waals surface area (Å²) in [7, 11) is 0. The van der Waals surface area contributed by atoms with E-state index in [9.17, 15) is 4.39 Å². The molecule has 0 fully saturated rings. The van der Waals surface area contributed by atoms with Crippen molar-refractivity contribution >= 4 is 24.0 Å². The van der Waals surface area contributed by atoms with Gasteiger partial charge in [-0.2, -0.15) is 0 Å². The quantitative estimate of drug-likeness (QED) is 0.476. The number of rotatable bonds is 9. The summed E-state index contributed by atoms with van der Waals surface area (Å²) >= 11 is 6.44. The number of nitrogens with zero attached hydrogens (tertiary/aromatic N) is 1. The van der Waals surface area contributed by atoms with Crippen LogP contribution in [0.15, 0.2) is 60.9 Å². The Labute approximate surface area is 181 Å². The molecule has 0 atom stereocenters. The first-order valence-electron chi connectivity index (χ1n) is 9.08. The van der Waals surface area contributed by atoms with Gasteiger partial charge in [0.15, 0.2) is 11.5 Å². The number of halogens is 3. The molecule has 1 aromatic heterocycles. The molecule has 0 unspecified atom stereocenters. The monoisotopic (exact) mass is 436 g/mol. The summed E-state index contributed by atoms with van der Waals surface area (Å²) in [5.74, 6) is 0.653. The lowest BCUT2D eigenvalue weighted by Crippen LogP contribution is -2.13. The van der Waals surface area contributed by atoms with Crippen molar-refractivity contribution in [3.05, 3.63) is 88.5 Å². The summed E-state index contributed by atoms with van der Waals surface area (Å²) in [6.07, 6.45) is 3.57. The first kappa shape index (κ1) is 22.9. The van der Waals surface area contributed by atoms with Crippen LogP contribution in [0.25, 0.3) is 0 Å². The molecular weight excluding hydrogens is 414 g/mol. The zero-order valence-electron chi connectivity index (χ0n) is 16.0. The van der Waals surface area contributed by atoms with E-state index >= 15 is 0 Å².